The maximum absolute atomic E-state index is 12.5. The van der Waals surface area contributed by atoms with Crippen LogP contribution in [0.15, 0.2) is 11.3 Å². The van der Waals surface area contributed by atoms with E-state index >= 15 is 0 Å². The van der Waals surface area contributed by atoms with Gasteiger partial charge in [0.1, 0.15) is 12.2 Å². The highest BCUT2D eigenvalue weighted by atomic mass is 127. The third kappa shape index (κ3) is 5.05. The van der Waals surface area contributed by atoms with Gasteiger partial charge in [-0.15, -0.1) is 24.0 Å². The van der Waals surface area contributed by atoms with Crippen LogP contribution in [0.3, 0.4) is 0 Å². The summed E-state index contributed by atoms with van der Waals surface area (Å²) >= 11 is 0. The molecule has 0 radical (unpaired) electrons. The molecule has 25 heavy (non-hydrogen) atoms. The Kier molecular flexibility index (Phi) is 7.45. The number of amides is 1. The van der Waals surface area contributed by atoms with Crippen LogP contribution in [0, 0.1) is 5.92 Å². The van der Waals surface area contributed by atoms with Crippen LogP contribution >= 0.6 is 24.0 Å². The summed E-state index contributed by atoms with van der Waals surface area (Å²) in [5.41, 5.74) is 0. The SMILES string of the molecule is CN=C(NCc1ncnn1C)NC1CCN(C(=O)C2CCCC2)C1.I. The van der Waals surface area contributed by atoms with Gasteiger partial charge in [0.2, 0.25) is 5.91 Å². The molecule has 1 aliphatic heterocycles. The molecule has 0 spiro atoms. The molecule has 1 saturated heterocycles. The average Bonchev–Trinajstić information content (AvgIpc) is 3.33. The lowest BCUT2D eigenvalue weighted by molar-refractivity contribution is -0.134. The second-order valence-corrected chi connectivity index (χ2v) is 6.62. The van der Waals surface area contributed by atoms with Crippen molar-refractivity contribution in [2.75, 3.05) is 20.1 Å². The van der Waals surface area contributed by atoms with Crippen molar-refractivity contribution >= 4 is 35.8 Å². The molecule has 1 aliphatic carbocycles. The van der Waals surface area contributed by atoms with E-state index in [0.29, 0.717) is 12.5 Å². The fourth-order valence-electron chi connectivity index (χ4n) is 3.54. The highest BCUT2D eigenvalue weighted by Crippen LogP contribution is 2.27. The predicted molar refractivity (Wildman–Crippen MR) is 107 cm³/mol. The first-order valence-electron chi connectivity index (χ1n) is 8.76. The molecular formula is C16H28IN7O. The zero-order valence-corrected chi connectivity index (χ0v) is 17.3. The van der Waals surface area contributed by atoms with Crippen molar-refractivity contribution in [1.82, 2.24) is 30.3 Å². The molecule has 2 aliphatic rings. The third-order valence-corrected chi connectivity index (χ3v) is 4.99. The van der Waals surface area contributed by atoms with Crippen LogP contribution < -0.4 is 10.6 Å². The van der Waals surface area contributed by atoms with E-state index in [4.69, 9.17) is 0 Å². The van der Waals surface area contributed by atoms with E-state index in [-0.39, 0.29) is 35.9 Å². The molecule has 1 unspecified atom stereocenters. The van der Waals surface area contributed by atoms with Gasteiger partial charge in [0.05, 0.1) is 6.54 Å². The summed E-state index contributed by atoms with van der Waals surface area (Å²) in [5, 5.41) is 10.7. The fourth-order valence-corrected chi connectivity index (χ4v) is 3.54. The normalized spacial score (nSPS) is 21.3. The molecule has 2 heterocycles. The highest BCUT2D eigenvalue weighted by Gasteiger charge is 2.32. The maximum atomic E-state index is 12.5. The number of nitrogens with zero attached hydrogens (tertiary/aromatic N) is 5. The zero-order chi connectivity index (χ0) is 16.9. The van der Waals surface area contributed by atoms with Gasteiger partial charge >= 0.3 is 0 Å². The summed E-state index contributed by atoms with van der Waals surface area (Å²) < 4.78 is 1.73. The number of hydrogen-bond acceptors (Lipinski definition) is 4. The third-order valence-electron chi connectivity index (χ3n) is 4.99. The number of aryl methyl sites for hydroxylation is 1. The molecule has 3 rings (SSSR count). The highest BCUT2D eigenvalue weighted by molar-refractivity contribution is 14.0. The first-order chi connectivity index (χ1) is 11.7. The molecular weight excluding hydrogens is 433 g/mol. The van der Waals surface area contributed by atoms with Crippen LogP contribution in [-0.4, -0.2) is 57.7 Å². The van der Waals surface area contributed by atoms with Gasteiger partial charge in [-0.3, -0.25) is 14.5 Å². The lowest BCUT2D eigenvalue weighted by atomic mass is 10.1. The monoisotopic (exact) mass is 461 g/mol. The molecule has 8 nitrogen and oxygen atoms in total. The number of halogens is 1. The number of aliphatic imine (C=N–C) groups is 1. The van der Waals surface area contributed by atoms with Crippen molar-refractivity contribution in [3.05, 3.63) is 12.2 Å². The summed E-state index contributed by atoms with van der Waals surface area (Å²) in [6.45, 7) is 2.17. The van der Waals surface area contributed by atoms with Gasteiger partial charge in [0.15, 0.2) is 5.96 Å². The first kappa shape index (κ1) is 19.9. The summed E-state index contributed by atoms with van der Waals surface area (Å²) in [7, 11) is 3.62. The van der Waals surface area contributed by atoms with E-state index in [1.807, 2.05) is 11.9 Å². The van der Waals surface area contributed by atoms with Crippen LogP contribution in [0.4, 0.5) is 0 Å². The van der Waals surface area contributed by atoms with Crippen molar-refractivity contribution in [3.8, 4) is 0 Å². The molecule has 9 heteroatoms. The largest absolute Gasteiger partial charge is 0.352 e. The Morgan fingerprint density at radius 1 is 1.36 bits per heavy atom. The van der Waals surface area contributed by atoms with Crippen LogP contribution in [0.25, 0.3) is 0 Å². The minimum Gasteiger partial charge on any atom is -0.352 e. The van der Waals surface area contributed by atoms with Crippen LogP contribution in [0.1, 0.15) is 37.9 Å². The van der Waals surface area contributed by atoms with Gasteiger partial charge in [-0.2, -0.15) is 5.10 Å². The Morgan fingerprint density at radius 3 is 2.76 bits per heavy atom. The summed E-state index contributed by atoms with van der Waals surface area (Å²) in [5.74, 6) is 2.19. The molecule has 1 amide bonds. The molecule has 1 atom stereocenters. The van der Waals surface area contributed by atoms with Crippen LogP contribution in [0.2, 0.25) is 0 Å². The number of likely N-dealkylation sites (tertiary alicyclic amines) is 1. The summed E-state index contributed by atoms with van der Waals surface area (Å²) in [6.07, 6.45) is 7.03. The molecule has 0 bridgehead atoms. The minimum atomic E-state index is 0. The van der Waals surface area contributed by atoms with Gasteiger partial charge in [-0.05, 0) is 19.3 Å². The number of hydrogen-bond donors (Lipinski definition) is 2. The number of rotatable bonds is 4. The quantitative estimate of drug-likeness (QED) is 0.395. The lowest BCUT2D eigenvalue weighted by Gasteiger charge is -2.21. The number of aromatic nitrogens is 3. The van der Waals surface area contributed by atoms with Gasteiger partial charge < -0.3 is 15.5 Å². The zero-order valence-electron chi connectivity index (χ0n) is 14.9. The Balaban J connectivity index is 0.00000225. The molecule has 2 fully saturated rings. The van der Waals surface area contributed by atoms with E-state index in [0.717, 1.165) is 44.1 Å². The van der Waals surface area contributed by atoms with Crippen molar-refractivity contribution in [3.63, 3.8) is 0 Å². The van der Waals surface area contributed by atoms with E-state index in [1.165, 1.54) is 19.2 Å². The molecule has 0 aromatic carbocycles. The fraction of sp³-hybridized carbons (Fsp3) is 0.750. The van der Waals surface area contributed by atoms with Crippen molar-refractivity contribution < 1.29 is 4.79 Å². The molecule has 140 valence electrons. The van der Waals surface area contributed by atoms with Crippen LogP contribution in [0.5, 0.6) is 0 Å². The molecule has 1 aromatic rings. The predicted octanol–water partition coefficient (Wildman–Crippen LogP) is 0.889. The van der Waals surface area contributed by atoms with Crippen molar-refractivity contribution in [1.29, 1.82) is 0 Å². The Bertz CT molecular complexity index is 597. The second kappa shape index (κ2) is 9.35. The van der Waals surface area contributed by atoms with Gasteiger partial charge in [0, 0.05) is 39.1 Å². The molecule has 1 saturated carbocycles. The summed E-state index contributed by atoms with van der Waals surface area (Å²) in [6, 6.07) is 0.251. The van der Waals surface area contributed by atoms with Gasteiger partial charge in [-0.25, -0.2) is 4.98 Å². The number of carbonyl (C=O) groups excluding carboxylic acids is 1. The van der Waals surface area contributed by atoms with E-state index in [1.54, 1.807) is 11.7 Å². The average molecular weight is 461 g/mol. The standard InChI is InChI=1S/C16H27N7O.HI/c1-17-16(18-9-14-19-11-20-22(14)2)21-13-7-8-23(10-13)15(24)12-5-3-4-6-12;/h11-13H,3-10H2,1-2H3,(H2,17,18,21);1H. The first-order valence-corrected chi connectivity index (χ1v) is 8.76. The summed E-state index contributed by atoms with van der Waals surface area (Å²) in [4.78, 5) is 23.0. The maximum Gasteiger partial charge on any atom is 0.225 e. The van der Waals surface area contributed by atoms with E-state index < -0.39 is 0 Å². The number of nitrogens with one attached hydrogen (secondary N) is 2. The number of guanidine groups is 1. The van der Waals surface area contributed by atoms with Crippen molar-refractivity contribution in [2.45, 2.75) is 44.7 Å². The molecule has 2 N–H and O–H groups in total. The molecule has 1 aromatic heterocycles. The lowest BCUT2D eigenvalue weighted by Crippen LogP contribution is -2.45. The van der Waals surface area contributed by atoms with Crippen molar-refractivity contribution in [2.24, 2.45) is 18.0 Å². The number of carbonyl (C=O) groups is 1. The Labute approximate surface area is 165 Å². The Morgan fingerprint density at radius 2 is 2.12 bits per heavy atom. The Hall–Kier alpha value is -1.39. The van der Waals surface area contributed by atoms with Gasteiger partial charge in [0.25, 0.3) is 0 Å². The second-order valence-electron chi connectivity index (χ2n) is 6.62. The van der Waals surface area contributed by atoms with Crippen LogP contribution in [-0.2, 0) is 18.4 Å². The van der Waals surface area contributed by atoms with E-state index in [2.05, 4.69) is 25.7 Å². The minimum absolute atomic E-state index is 0. The smallest absolute Gasteiger partial charge is 0.225 e. The van der Waals surface area contributed by atoms with Gasteiger partial charge in [-0.1, -0.05) is 12.8 Å². The topological polar surface area (TPSA) is 87.4 Å². The van der Waals surface area contributed by atoms with E-state index in [9.17, 15) is 4.79 Å².